The molecule has 0 atom stereocenters. The third-order valence-corrected chi connectivity index (χ3v) is 2.62. The van der Waals surface area contributed by atoms with Crippen molar-refractivity contribution in [3.63, 3.8) is 0 Å². The molecule has 6 nitrogen and oxygen atoms in total. The maximum absolute atomic E-state index is 11.8. The number of hydrogen-bond donors (Lipinski definition) is 2. The lowest BCUT2D eigenvalue weighted by atomic mass is 10.1. The van der Waals surface area contributed by atoms with E-state index in [1.165, 1.54) is 13.2 Å². The standard InChI is InChI=1S/C13H18N2O4/c1-4-5-10-8(2)6-9(12(17)14-10)13(18)15-11(16)7-19-3/h6H,4-5,7H2,1-3H3,(H,14,17)(H,15,16,18). The summed E-state index contributed by atoms with van der Waals surface area (Å²) >= 11 is 0. The smallest absolute Gasteiger partial charge is 0.263 e. The number of imide groups is 1. The lowest BCUT2D eigenvalue weighted by Crippen LogP contribution is -2.36. The first-order valence-corrected chi connectivity index (χ1v) is 6.05. The Bertz CT molecular complexity index is 534. The van der Waals surface area contributed by atoms with Crippen LogP contribution in [0, 0.1) is 6.92 Å². The van der Waals surface area contributed by atoms with Gasteiger partial charge in [0.25, 0.3) is 17.4 Å². The van der Waals surface area contributed by atoms with Crippen LogP contribution < -0.4 is 10.9 Å². The molecule has 1 aromatic heterocycles. The van der Waals surface area contributed by atoms with Crippen molar-refractivity contribution in [2.45, 2.75) is 26.7 Å². The molecule has 0 unspecified atom stereocenters. The molecule has 2 amide bonds. The second-order valence-corrected chi connectivity index (χ2v) is 4.23. The third kappa shape index (κ3) is 4.03. The van der Waals surface area contributed by atoms with E-state index >= 15 is 0 Å². The molecule has 0 radical (unpaired) electrons. The van der Waals surface area contributed by atoms with Gasteiger partial charge >= 0.3 is 0 Å². The summed E-state index contributed by atoms with van der Waals surface area (Å²) in [5.74, 6) is -1.29. The van der Waals surface area contributed by atoms with E-state index in [1.54, 1.807) is 0 Å². The molecular formula is C13H18N2O4. The normalized spacial score (nSPS) is 10.3. The van der Waals surface area contributed by atoms with Gasteiger partial charge in [0.05, 0.1) is 0 Å². The first kappa shape index (κ1) is 15.1. The number of carbonyl (C=O) groups is 2. The van der Waals surface area contributed by atoms with Gasteiger partial charge in [-0.1, -0.05) is 13.3 Å². The summed E-state index contributed by atoms with van der Waals surface area (Å²) in [6, 6.07) is 1.50. The van der Waals surface area contributed by atoms with E-state index in [-0.39, 0.29) is 12.2 Å². The quantitative estimate of drug-likeness (QED) is 0.814. The molecule has 0 aliphatic rings. The summed E-state index contributed by atoms with van der Waals surface area (Å²) in [5.41, 5.74) is 1.08. The topological polar surface area (TPSA) is 88.3 Å². The second kappa shape index (κ2) is 6.84. The van der Waals surface area contributed by atoms with E-state index in [1.807, 2.05) is 13.8 Å². The van der Waals surface area contributed by atoms with Gasteiger partial charge in [-0.3, -0.25) is 19.7 Å². The Morgan fingerprint density at radius 3 is 2.68 bits per heavy atom. The number of H-pyrrole nitrogens is 1. The number of ether oxygens (including phenoxy) is 1. The van der Waals surface area contributed by atoms with Gasteiger partial charge in [-0.15, -0.1) is 0 Å². The van der Waals surface area contributed by atoms with E-state index < -0.39 is 17.4 Å². The van der Waals surface area contributed by atoms with E-state index in [0.717, 1.165) is 24.1 Å². The molecular weight excluding hydrogens is 248 g/mol. The minimum absolute atomic E-state index is 0.0678. The SMILES string of the molecule is CCCc1[nH]c(=O)c(C(=O)NC(=O)COC)cc1C. The predicted octanol–water partition coefficient (Wildman–Crippen LogP) is 0.539. The minimum Gasteiger partial charge on any atom is -0.375 e. The highest BCUT2D eigenvalue weighted by molar-refractivity contribution is 6.04. The molecule has 1 heterocycles. The molecule has 19 heavy (non-hydrogen) atoms. The molecule has 2 N–H and O–H groups in total. The number of aryl methyl sites for hydroxylation is 2. The maximum atomic E-state index is 11.8. The number of methoxy groups -OCH3 is 1. The summed E-state index contributed by atoms with van der Waals surface area (Å²) in [4.78, 5) is 37.4. The number of aromatic amines is 1. The van der Waals surface area contributed by atoms with Crippen molar-refractivity contribution < 1.29 is 14.3 Å². The summed E-state index contributed by atoms with van der Waals surface area (Å²) in [6.07, 6.45) is 1.64. The Labute approximate surface area is 111 Å². The summed E-state index contributed by atoms with van der Waals surface area (Å²) < 4.78 is 4.60. The van der Waals surface area contributed by atoms with E-state index in [2.05, 4.69) is 15.0 Å². The average Bonchev–Trinajstić information content (AvgIpc) is 2.33. The van der Waals surface area contributed by atoms with Gasteiger partial charge in [0.15, 0.2) is 0 Å². The highest BCUT2D eigenvalue weighted by Gasteiger charge is 2.15. The molecule has 1 aromatic rings. The summed E-state index contributed by atoms with van der Waals surface area (Å²) in [6.45, 7) is 3.59. The number of amides is 2. The van der Waals surface area contributed by atoms with Gasteiger partial charge in [0, 0.05) is 12.8 Å². The third-order valence-electron chi connectivity index (χ3n) is 2.62. The molecule has 6 heteroatoms. The number of pyridine rings is 1. The molecule has 0 bridgehead atoms. The Morgan fingerprint density at radius 2 is 2.11 bits per heavy atom. The summed E-state index contributed by atoms with van der Waals surface area (Å²) in [5, 5.41) is 2.09. The van der Waals surface area contributed by atoms with Crippen LogP contribution in [0.3, 0.4) is 0 Å². The molecule has 0 aromatic carbocycles. The van der Waals surface area contributed by atoms with E-state index in [0.29, 0.717) is 0 Å². The molecule has 104 valence electrons. The Kier molecular flexibility index (Phi) is 5.44. The first-order chi connectivity index (χ1) is 8.99. The van der Waals surface area contributed by atoms with Crippen LogP contribution >= 0.6 is 0 Å². The van der Waals surface area contributed by atoms with E-state index in [4.69, 9.17) is 0 Å². The van der Waals surface area contributed by atoms with Gasteiger partial charge < -0.3 is 9.72 Å². The highest BCUT2D eigenvalue weighted by atomic mass is 16.5. The Hall–Kier alpha value is -1.95. The predicted molar refractivity (Wildman–Crippen MR) is 70.1 cm³/mol. The van der Waals surface area contributed by atoms with Gasteiger partial charge in [-0.25, -0.2) is 0 Å². The molecule has 0 aliphatic heterocycles. The largest absolute Gasteiger partial charge is 0.375 e. The first-order valence-electron chi connectivity index (χ1n) is 6.05. The lowest BCUT2D eigenvalue weighted by molar-refractivity contribution is -0.123. The maximum Gasteiger partial charge on any atom is 0.263 e. The van der Waals surface area contributed by atoms with Crippen LogP contribution in [0.1, 0.15) is 35.0 Å². The molecule has 0 saturated heterocycles. The van der Waals surface area contributed by atoms with Gasteiger partial charge in [-0.2, -0.15) is 0 Å². The van der Waals surface area contributed by atoms with Crippen molar-refractivity contribution in [1.82, 2.24) is 10.3 Å². The van der Waals surface area contributed by atoms with Crippen LogP contribution in [0.2, 0.25) is 0 Å². The van der Waals surface area contributed by atoms with Crippen LogP contribution in [-0.2, 0) is 16.0 Å². The zero-order chi connectivity index (χ0) is 14.4. The second-order valence-electron chi connectivity index (χ2n) is 4.23. The molecule has 0 aliphatic carbocycles. The number of rotatable bonds is 5. The summed E-state index contributed by atoms with van der Waals surface area (Å²) in [7, 11) is 1.35. The zero-order valence-electron chi connectivity index (χ0n) is 11.3. The lowest BCUT2D eigenvalue weighted by Gasteiger charge is -2.07. The van der Waals surface area contributed by atoms with Crippen molar-refractivity contribution in [2.75, 3.05) is 13.7 Å². The molecule has 0 spiro atoms. The Balaban J connectivity index is 2.95. The van der Waals surface area contributed by atoms with Gasteiger partial charge in [0.2, 0.25) is 0 Å². The highest BCUT2D eigenvalue weighted by Crippen LogP contribution is 2.06. The van der Waals surface area contributed by atoms with Crippen molar-refractivity contribution in [1.29, 1.82) is 0 Å². The molecule has 1 rings (SSSR count). The fourth-order valence-corrected chi connectivity index (χ4v) is 1.71. The fourth-order valence-electron chi connectivity index (χ4n) is 1.71. The van der Waals surface area contributed by atoms with Crippen molar-refractivity contribution >= 4 is 11.8 Å². The number of carbonyl (C=O) groups excluding carboxylic acids is 2. The monoisotopic (exact) mass is 266 g/mol. The zero-order valence-corrected chi connectivity index (χ0v) is 11.3. The van der Waals surface area contributed by atoms with Crippen molar-refractivity contribution in [2.24, 2.45) is 0 Å². The number of aromatic nitrogens is 1. The van der Waals surface area contributed by atoms with E-state index in [9.17, 15) is 14.4 Å². The van der Waals surface area contributed by atoms with Crippen LogP contribution in [0.25, 0.3) is 0 Å². The number of nitrogens with one attached hydrogen (secondary N) is 2. The van der Waals surface area contributed by atoms with Crippen LogP contribution in [-0.4, -0.2) is 30.5 Å². The molecule has 0 saturated carbocycles. The van der Waals surface area contributed by atoms with Crippen LogP contribution in [0.15, 0.2) is 10.9 Å². The van der Waals surface area contributed by atoms with Gasteiger partial charge in [0.1, 0.15) is 12.2 Å². The Morgan fingerprint density at radius 1 is 1.42 bits per heavy atom. The van der Waals surface area contributed by atoms with Gasteiger partial charge in [-0.05, 0) is 25.0 Å². The van der Waals surface area contributed by atoms with Crippen LogP contribution in [0.5, 0.6) is 0 Å². The fraction of sp³-hybridized carbons (Fsp3) is 0.462. The number of hydrogen-bond acceptors (Lipinski definition) is 4. The molecule has 0 fully saturated rings. The average molecular weight is 266 g/mol. The van der Waals surface area contributed by atoms with Crippen molar-refractivity contribution in [3.05, 3.63) is 33.2 Å². The minimum atomic E-state index is -0.713. The van der Waals surface area contributed by atoms with Crippen LogP contribution in [0.4, 0.5) is 0 Å². The van der Waals surface area contributed by atoms with Crippen molar-refractivity contribution in [3.8, 4) is 0 Å².